The van der Waals surface area contributed by atoms with Gasteiger partial charge in [0.1, 0.15) is 5.56 Å². The number of hydrogen-bond donors (Lipinski definition) is 2. The molecule has 9 heteroatoms. The molecule has 0 saturated heterocycles. The molecule has 8 nitrogen and oxygen atoms in total. The molecule has 2 rings (SSSR count). The number of methoxy groups -OCH3 is 1. The molecule has 0 atom stereocenters. The minimum Gasteiger partial charge on any atom is -0.383 e. The van der Waals surface area contributed by atoms with Crippen LogP contribution in [0, 0.1) is 17.0 Å². The van der Waals surface area contributed by atoms with E-state index in [0.29, 0.717) is 24.4 Å². The van der Waals surface area contributed by atoms with E-state index in [1.807, 2.05) is 0 Å². The Labute approximate surface area is 160 Å². The van der Waals surface area contributed by atoms with Crippen LogP contribution in [0.2, 0.25) is 5.02 Å². The lowest BCUT2D eigenvalue weighted by molar-refractivity contribution is -0.385. The predicted octanol–water partition coefficient (Wildman–Crippen LogP) is 3.19. The topological polar surface area (TPSA) is 111 Å². The van der Waals surface area contributed by atoms with Gasteiger partial charge in [-0.1, -0.05) is 23.7 Å². The standard InChI is InChI=1S/C18H18ClN3O5/c1-11-4-3-5-14(16(11)22(25)26)18(24)21-12-6-7-13(15(19)10-12)17(23)20-8-9-27-2/h3-7,10H,8-9H2,1-2H3,(H,20,23)(H,21,24). The first-order valence-electron chi connectivity index (χ1n) is 7.97. The van der Waals surface area contributed by atoms with Gasteiger partial charge >= 0.3 is 0 Å². The van der Waals surface area contributed by atoms with E-state index >= 15 is 0 Å². The molecule has 0 heterocycles. The highest BCUT2D eigenvalue weighted by atomic mass is 35.5. The Morgan fingerprint density at radius 2 is 1.93 bits per heavy atom. The molecule has 2 aromatic rings. The van der Waals surface area contributed by atoms with E-state index in [4.69, 9.17) is 16.3 Å². The number of aryl methyl sites for hydroxylation is 1. The van der Waals surface area contributed by atoms with Crippen molar-refractivity contribution in [2.24, 2.45) is 0 Å². The molecule has 2 N–H and O–H groups in total. The number of carbonyl (C=O) groups excluding carboxylic acids is 2. The Kier molecular flexibility index (Phi) is 6.86. The Morgan fingerprint density at radius 3 is 2.56 bits per heavy atom. The first kappa shape index (κ1) is 20.3. The highest BCUT2D eigenvalue weighted by Gasteiger charge is 2.22. The van der Waals surface area contributed by atoms with Crippen LogP contribution in [0.4, 0.5) is 11.4 Å². The monoisotopic (exact) mass is 391 g/mol. The normalized spacial score (nSPS) is 10.3. The predicted molar refractivity (Wildman–Crippen MR) is 101 cm³/mol. The summed E-state index contributed by atoms with van der Waals surface area (Å²) in [6, 6.07) is 8.87. The van der Waals surface area contributed by atoms with Gasteiger partial charge in [0, 0.05) is 24.9 Å². The third-order valence-corrected chi connectivity index (χ3v) is 4.04. The lowest BCUT2D eigenvalue weighted by Crippen LogP contribution is -2.27. The molecule has 0 saturated carbocycles. The van der Waals surface area contributed by atoms with Gasteiger partial charge < -0.3 is 15.4 Å². The highest BCUT2D eigenvalue weighted by Crippen LogP contribution is 2.25. The Hall–Kier alpha value is -2.97. The lowest BCUT2D eigenvalue weighted by Gasteiger charge is -2.10. The van der Waals surface area contributed by atoms with Gasteiger partial charge in [-0.15, -0.1) is 0 Å². The average Bonchev–Trinajstić information content (AvgIpc) is 2.61. The second-order valence-corrected chi connectivity index (χ2v) is 6.03. The van der Waals surface area contributed by atoms with Crippen molar-refractivity contribution in [3.05, 3.63) is 68.2 Å². The van der Waals surface area contributed by atoms with Crippen LogP contribution < -0.4 is 10.6 Å². The van der Waals surface area contributed by atoms with Crippen molar-refractivity contribution < 1.29 is 19.2 Å². The summed E-state index contributed by atoms with van der Waals surface area (Å²) in [7, 11) is 1.52. The van der Waals surface area contributed by atoms with Crippen LogP contribution in [-0.4, -0.2) is 37.0 Å². The molecule has 142 valence electrons. The number of nitro groups is 1. The molecule has 2 aromatic carbocycles. The Bertz CT molecular complexity index is 885. The summed E-state index contributed by atoms with van der Waals surface area (Å²) in [5, 5.41) is 16.6. The average molecular weight is 392 g/mol. The summed E-state index contributed by atoms with van der Waals surface area (Å²) in [6.45, 7) is 2.26. The van der Waals surface area contributed by atoms with Crippen LogP contribution in [0.1, 0.15) is 26.3 Å². The smallest absolute Gasteiger partial charge is 0.285 e. The number of hydrogen-bond acceptors (Lipinski definition) is 5. The summed E-state index contributed by atoms with van der Waals surface area (Å²) >= 11 is 6.12. The fourth-order valence-corrected chi connectivity index (χ4v) is 2.69. The lowest BCUT2D eigenvalue weighted by atomic mass is 10.1. The number of nitro benzene ring substituents is 1. The first-order chi connectivity index (χ1) is 12.8. The van der Waals surface area contributed by atoms with Crippen LogP contribution in [-0.2, 0) is 4.74 Å². The number of halogens is 1. The van der Waals surface area contributed by atoms with Crippen LogP contribution in [0.15, 0.2) is 36.4 Å². The van der Waals surface area contributed by atoms with E-state index in [0.717, 1.165) is 0 Å². The van der Waals surface area contributed by atoms with Crippen LogP contribution in [0.25, 0.3) is 0 Å². The quantitative estimate of drug-likeness (QED) is 0.428. The fraction of sp³-hybridized carbons (Fsp3) is 0.222. The molecule has 0 fully saturated rings. The van der Waals surface area contributed by atoms with Crippen molar-refractivity contribution in [2.45, 2.75) is 6.92 Å². The molecular weight excluding hydrogens is 374 g/mol. The van der Waals surface area contributed by atoms with Crippen LogP contribution in [0.5, 0.6) is 0 Å². The van der Waals surface area contributed by atoms with E-state index in [1.165, 1.54) is 31.4 Å². The number of para-hydroxylation sites is 1. The molecule has 0 bridgehead atoms. The van der Waals surface area contributed by atoms with Gasteiger partial charge in [-0.3, -0.25) is 19.7 Å². The van der Waals surface area contributed by atoms with Gasteiger partial charge in [0.2, 0.25) is 0 Å². The molecule has 0 aliphatic carbocycles. The number of carbonyl (C=O) groups is 2. The van der Waals surface area contributed by atoms with Crippen LogP contribution >= 0.6 is 11.6 Å². The molecule has 2 amide bonds. The molecule has 0 aromatic heterocycles. The van der Waals surface area contributed by atoms with Crippen molar-refractivity contribution in [3.63, 3.8) is 0 Å². The maximum atomic E-state index is 12.4. The molecule has 0 aliphatic heterocycles. The molecule has 0 unspecified atom stereocenters. The number of nitrogens with zero attached hydrogens (tertiary/aromatic N) is 1. The summed E-state index contributed by atoms with van der Waals surface area (Å²) in [5.41, 5.74) is 0.628. The van der Waals surface area contributed by atoms with Gasteiger partial charge in [-0.25, -0.2) is 0 Å². The number of nitrogens with one attached hydrogen (secondary N) is 2. The third kappa shape index (κ3) is 5.02. The van der Waals surface area contributed by atoms with Gasteiger partial charge in [0.15, 0.2) is 0 Å². The number of anilines is 1. The van der Waals surface area contributed by atoms with Crippen molar-refractivity contribution in [2.75, 3.05) is 25.6 Å². The minimum absolute atomic E-state index is 0.0579. The molecule has 0 spiro atoms. The van der Waals surface area contributed by atoms with Gasteiger partial charge in [-0.05, 0) is 31.2 Å². The SMILES string of the molecule is COCCNC(=O)c1ccc(NC(=O)c2cccc(C)c2[N+](=O)[O-])cc1Cl. The second-order valence-electron chi connectivity index (χ2n) is 5.63. The van der Waals surface area contributed by atoms with E-state index in [9.17, 15) is 19.7 Å². The van der Waals surface area contributed by atoms with E-state index < -0.39 is 10.8 Å². The second kappa shape index (κ2) is 9.11. The van der Waals surface area contributed by atoms with Gasteiger partial charge in [-0.2, -0.15) is 0 Å². The van der Waals surface area contributed by atoms with Crippen molar-refractivity contribution in [1.29, 1.82) is 0 Å². The number of amides is 2. The van der Waals surface area contributed by atoms with E-state index in [1.54, 1.807) is 19.1 Å². The summed E-state index contributed by atoms with van der Waals surface area (Å²) in [4.78, 5) is 35.1. The number of ether oxygens (including phenoxy) is 1. The molecule has 0 radical (unpaired) electrons. The Balaban J connectivity index is 2.18. The van der Waals surface area contributed by atoms with E-state index in [-0.39, 0.29) is 27.7 Å². The van der Waals surface area contributed by atoms with Crippen molar-refractivity contribution in [1.82, 2.24) is 5.32 Å². The maximum Gasteiger partial charge on any atom is 0.285 e. The Morgan fingerprint density at radius 1 is 1.19 bits per heavy atom. The minimum atomic E-state index is -0.640. The number of benzene rings is 2. The first-order valence-corrected chi connectivity index (χ1v) is 8.35. The maximum absolute atomic E-state index is 12.4. The summed E-state index contributed by atoms with van der Waals surface area (Å²) in [6.07, 6.45) is 0. The highest BCUT2D eigenvalue weighted by molar-refractivity contribution is 6.34. The molecule has 27 heavy (non-hydrogen) atoms. The van der Waals surface area contributed by atoms with Gasteiger partial charge in [0.05, 0.1) is 22.1 Å². The zero-order valence-corrected chi connectivity index (χ0v) is 15.5. The molecular formula is C18H18ClN3O5. The van der Waals surface area contributed by atoms with Crippen molar-refractivity contribution in [3.8, 4) is 0 Å². The van der Waals surface area contributed by atoms with E-state index in [2.05, 4.69) is 10.6 Å². The zero-order chi connectivity index (χ0) is 20.0. The fourth-order valence-electron chi connectivity index (χ4n) is 2.42. The van der Waals surface area contributed by atoms with Gasteiger partial charge in [0.25, 0.3) is 17.5 Å². The summed E-state index contributed by atoms with van der Waals surface area (Å²) in [5.74, 6) is -1.01. The zero-order valence-electron chi connectivity index (χ0n) is 14.7. The summed E-state index contributed by atoms with van der Waals surface area (Å²) < 4.78 is 4.85. The van der Waals surface area contributed by atoms with Crippen molar-refractivity contribution >= 4 is 34.8 Å². The number of rotatable bonds is 7. The third-order valence-electron chi connectivity index (χ3n) is 3.73. The molecule has 0 aliphatic rings. The largest absolute Gasteiger partial charge is 0.383 e. The van der Waals surface area contributed by atoms with Crippen LogP contribution in [0.3, 0.4) is 0 Å².